The lowest BCUT2D eigenvalue weighted by Gasteiger charge is -2.03. The molecule has 0 saturated carbocycles. The van der Waals surface area contributed by atoms with Gasteiger partial charge in [-0.1, -0.05) is 18.2 Å². The monoisotopic (exact) mass is 261 g/mol. The smallest absolute Gasteiger partial charge is 0.226 e. The van der Waals surface area contributed by atoms with E-state index in [2.05, 4.69) is 15.5 Å². The molecule has 5 heteroatoms. The molecule has 94 valence electrons. The van der Waals surface area contributed by atoms with Gasteiger partial charge in [-0.25, -0.2) is 0 Å². The first-order valence-corrected chi connectivity index (χ1v) is 6.72. The molecule has 0 bridgehead atoms. The third-order valence-corrected chi connectivity index (χ3v) is 3.45. The van der Waals surface area contributed by atoms with Crippen molar-refractivity contribution >= 4 is 23.5 Å². The van der Waals surface area contributed by atoms with Crippen molar-refractivity contribution in [2.45, 2.75) is 18.2 Å². The van der Waals surface area contributed by atoms with Crippen molar-refractivity contribution in [3.63, 3.8) is 0 Å². The van der Waals surface area contributed by atoms with Crippen molar-refractivity contribution in [1.29, 1.82) is 0 Å². The lowest BCUT2D eigenvalue weighted by molar-refractivity contribution is -0.115. The summed E-state index contributed by atoms with van der Waals surface area (Å²) in [7, 11) is 0. The molecule has 2 N–H and O–H groups in total. The van der Waals surface area contributed by atoms with E-state index in [0.717, 1.165) is 11.3 Å². The van der Waals surface area contributed by atoms with E-state index in [1.54, 1.807) is 18.0 Å². The maximum absolute atomic E-state index is 11.7. The fourth-order valence-electron chi connectivity index (χ4n) is 1.45. The van der Waals surface area contributed by atoms with Crippen LogP contribution in [0.5, 0.6) is 0 Å². The first-order valence-electron chi connectivity index (χ1n) is 5.73. The topological polar surface area (TPSA) is 57.8 Å². The highest BCUT2D eigenvalue weighted by atomic mass is 32.2. The molecular weight excluding hydrogens is 246 g/mol. The van der Waals surface area contributed by atoms with Gasteiger partial charge in [0, 0.05) is 22.6 Å². The minimum Gasteiger partial charge on any atom is -0.311 e. The summed E-state index contributed by atoms with van der Waals surface area (Å²) in [5, 5.41) is 9.42. The van der Waals surface area contributed by atoms with E-state index in [4.69, 9.17) is 0 Å². The molecule has 0 radical (unpaired) electrons. The zero-order valence-corrected chi connectivity index (χ0v) is 11.0. The molecule has 2 aromatic rings. The molecule has 1 aromatic heterocycles. The molecule has 0 fully saturated rings. The van der Waals surface area contributed by atoms with Gasteiger partial charge in [-0.05, 0) is 19.1 Å². The Balaban J connectivity index is 1.74. The number of nitrogens with zero attached hydrogens (tertiary/aromatic N) is 1. The van der Waals surface area contributed by atoms with Crippen LogP contribution in [0.25, 0.3) is 0 Å². The molecule has 0 aliphatic rings. The Kier molecular flexibility index (Phi) is 4.41. The molecule has 0 unspecified atom stereocenters. The van der Waals surface area contributed by atoms with Crippen LogP contribution in [0.3, 0.4) is 0 Å². The maximum atomic E-state index is 11.7. The highest BCUT2D eigenvalue weighted by Gasteiger charge is 2.06. The largest absolute Gasteiger partial charge is 0.311 e. The van der Waals surface area contributed by atoms with Crippen molar-refractivity contribution in [1.82, 2.24) is 10.2 Å². The van der Waals surface area contributed by atoms with Crippen molar-refractivity contribution in [3.8, 4) is 0 Å². The van der Waals surface area contributed by atoms with Gasteiger partial charge in [0.2, 0.25) is 5.91 Å². The standard InChI is InChI=1S/C13H15N3OS/c1-10-9-14-16-13(10)15-12(17)7-8-18-11-5-3-2-4-6-11/h2-6,9H,7-8H2,1H3,(H2,14,15,16,17). The van der Waals surface area contributed by atoms with Gasteiger partial charge in [-0.3, -0.25) is 9.89 Å². The summed E-state index contributed by atoms with van der Waals surface area (Å²) >= 11 is 1.68. The van der Waals surface area contributed by atoms with Gasteiger partial charge in [0.05, 0.1) is 6.20 Å². The molecule has 0 atom stereocenters. The zero-order valence-electron chi connectivity index (χ0n) is 10.1. The number of aryl methyl sites for hydroxylation is 1. The minimum absolute atomic E-state index is 0.00535. The second-order valence-corrected chi connectivity index (χ2v) is 5.06. The zero-order chi connectivity index (χ0) is 12.8. The fraction of sp³-hybridized carbons (Fsp3) is 0.231. The van der Waals surface area contributed by atoms with Crippen LogP contribution in [0, 0.1) is 6.92 Å². The summed E-state index contributed by atoms with van der Waals surface area (Å²) in [5.41, 5.74) is 0.944. The van der Waals surface area contributed by atoms with Gasteiger partial charge in [-0.15, -0.1) is 11.8 Å². The molecular formula is C13H15N3OS. The normalized spacial score (nSPS) is 10.3. The molecule has 2 rings (SSSR count). The van der Waals surface area contributed by atoms with Crippen LogP contribution < -0.4 is 5.32 Å². The van der Waals surface area contributed by atoms with E-state index in [9.17, 15) is 4.79 Å². The van der Waals surface area contributed by atoms with Crippen molar-refractivity contribution in [3.05, 3.63) is 42.1 Å². The van der Waals surface area contributed by atoms with E-state index in [1.165, 1.54) is 4.90 Å². The quantitative estimate of drug-likeness (QED) is 0.814. The molecule has 1 amide bonds. The minimum atomic E-state index is 0.00535. The number of anilines is 1. The summed E-state index contributed by atoms with van der Waals surface area (Å²) in [6.07, 6.45) is 2.17. The van der Waals surface area contributed by atoms with Crippen LogP contribution in [-0.4, -0.2) is 21.9 Å². The number of amides is 1. The molecule has 0 aliphatic carbocycles. The second-order valence-electron chi connectivity index (χ2n) is 3.89. The van der Waals surface area contributed by atoms with Gasteiger partial charge in [-0.2, -0.15) is 5.10 Å². The van der Waals surface area contributed by atoms with Gasteiger partial charge in [0.1, 0.15) is 5.82 Å². The van der Waals surface area contributed by atoms with Crippen molar-refractivity contribution in [2.75, 3.05) is 11.1 Å². The predicted octanol–water partition coefficient (Wildman–Crippen LogP) is 2.84. The summed E-state index contributed by atoms with van der Waals surface area (Å²) in [6.45, 7) is 1.90. The lowest BCUT2D eigenvalue weighted by atomic mass is 10.3. The van der Waals surface area contributed by atoms with Gasteiger partial charge >= 0.3 is 0 Å². The lowest BCUT2D eigenvalue weighted by Crippen LogP contribution is -2.13. The number of hydrogen-bond donors (Lipinski definition) is 2. The number of aromatic amines is 1. The Labute approximate surface area is 110 Å². The summed E-state index contributed by atoms with van der Waals surface area (Å²) in [5.74, 6) is 1.46. The first-order chi connectivity index (χ1) is 8.75. The van der Waals surface area contributed by atoms with E-state index < -0.39 is 0 Å². The molecule has 4 nitrogen and oxygen atoms in total. The number of carbonyl (C=O) groups is 1. The first kappa shape index (κ1) is 12.7. The molecule has 0 spiro atoms. The highest BCUT2D eigenvalue weighted by molar-refractivity contribution is 7.99. The summed E-state index contributed by atoms with van der Waals surface area (Å²) < 4.78 is 0. The van der Waals surface area contributed by atoms with Crippen molar-refractivity contribution < 1.29 is 4.79 Å². The van der Waals surface area contributed by atoms with E-state index in [-0.39, 0.29) is 5.91 Å². The SMILES string of the molecule is Cc1cn[nH]c1NC(=O)CCSc1ccccc1. The Morgan fingerprint density at radius 3 is 2.83 bits per heavy atom. The second kappa shape index (κ2) is 6.26. The predicted molar refractivity (Wildman–Crippen MR) is 73.7 cm³/mol. The number of H-pyrrole nitrogens is 1. The van der Waals surface area contributed by atoms with Gasteiger partial charge in [0.15, 0.2) is 0 Å². The van der Waals surface area contributed by atoms with Gasteiger partial charge in [0.25, 0.3) is 0 Å². The summed E-state index contributed by atoms with van der Waals surface area (Å²) in [4.78, 5) is 12.9. The fourth-order valence-corrected chi connectivity index (χ4v) is 2.33. The third-order valence-electron chi connectivity index (χ3n) is 2.43. The van der Waals surface area contributed by atoms with Crippen LogP contribution in [0.2, 0.25) is 0 Å². The average molecular weight is 261 g/mol. The number of rotatable bonds is 5. The van der Waals surface area contributed by atoms with Crippen molar-refractivity contribution in [2.24, 2.45) is 0 Å². The Bertz CT molecular complexity index is 510. The number of hydrogen-bond acceptors (Lipinski definition) is 3. The van der Waals surface area contributed by atoms with E-state index in [1.807, 2.05) is 37.3 Å². The molecule has 0 aliphatic heterocycles. The van der Waals surface area contributed by atoms with Gasteiger partial charge < -0.3 is 5.32 Å². The Morgan fingerprint density at radius 1 is 1.39 bits per heavy atom. The third kappa shape index (κ3) is 3.63. The molecule has 1 heterocycles. The maximum Gasteiger partial charge on any atom is 0.226 e. The van der Waals surface area contributed by atoms with Crippen LogP contribution in [0.15, 0.2) is 41.4 Å². The summed E-state index contributed by atoms with van der Waals surface area (Å²) in [6, 6.07) is 10.1. The highest BCUT2D eigenvalue weighted by Crippen LogP contribution is 2.18. The van der Waals surface area contributed by atoms with E-state index >= 15 is 0 Å². The van der Waals surface area contributed by atoms with Crippen LogP contribution in [-0.2, 0) is 4.79 Å². The number of carbonyl (C=O) groups excluding carboxylic acids is 1. The van der Waals surface area contributed by atoms with E-state index in [0.29, 0.717) is 12.2 Å². The Hall–Kier alpha value is -1.75. The van der Waals surface area contributed by atoms with Crippen LogP contribution in [0.4, 0.5) is 5.82 Å². The van der Waals surface area contributed by atoms with Crippen LogP contribution >= 0.6 is 11.8 Å². The van der Waals surface area contributed by atoms with Crippen LogP contribution in [0.1, 0.15) is 12.0 Å². The number of aromatic nitrogens is 2. The average Bonchev–Trinajstić information content (AvgIpc) is 2.76. The number of nitrogens with one attached hydrogen (secondary N) is 2. The number of thioether (sulfide) groups is 1. The molecule has 0 saturated heterocycles. The number of benzene rings is 1. The Morgan fingerprint density at radius 2 is 2.17 bits per heavy atom. The molecule has 1 aromatic carbocycles. The molecule has 18 heavy (non-hydrogen) atoms.